The monoisotopic (exact) mass is 796 g/mol. The molecule has 14 nitrogen and oxygen atoms in total. The van der Waals surface area contributed by atoms with E-state index in [0.717, 1.165) is 11.1 Å². The van der Waals surface area contributed by atoms with E-state index < -0.39 is 32.1 Å². The van der Waals surface area contributed by atoms with Crippen LogP contribution in [0.25, 0.3) is 0 Å². The molecule has 1 heterocycles. The zero-order valence-electron chi connectivity index (χ0n) is 32.6. The predicted octanol–water partition coefficient (Wildman–Crippen LogP) is 3.13. The number of hydrogen-bond donors (Lipinski definition) is 2. The van der Waals surface area contributed by atoms with Gasteiger partial charge in [0.25, 0.3) is 0 Å². The van der Waals surface area contributed by atoms with E-state index in [1.807, 2.05) is 41.5 Å². The number of carbonyl (C=O) groups excluding carboxylic acids is 2. The summed E-state index contributed by atoms with van der Waals surface area (Å²) in [5, 5.41) is 0. The molecular formula is C38H60N4O10S2. The number of rotatable bonds is 12. The third kappa shape index (κ3) is 14.3. The molecule has 54 heavy (non-hydrogen) atoms. The average Bonchev–Trinajstić information content (AvgIpc) is 3.15. The van der Waals surface area contributed by atoms with Gasteiger partial charge in [-0.2, -0.15) is 9.44 Å². The van der Waals surface area contributed by atoms with Gasteiger partial charge in [-0.3, -0.25) is 9.59 Å². The van der Waals surface area contributed by atoms with Crippen molar-refractivity contribution in [2.75, 3.05) is 79.0 Å². The summed E-state index contributed by atoms with van der Waals surface area (Å²) in [6, 6.07) is 11.0. The molecular weight excluding hydrogens is 737 g/mol. The van der Waals surface area contributed by atoms with Crippen LogP contribution in [0.2, 0.25) is 0 Å². The zero-order valence-corrected chi connectivity index (χ0v) is 34.3. The second kappa shape index (κ2) is 22.6. The molecule has 2 aromatic rings. The standard InChI is InChI=1S/C38H60N4O10S2/c1-7-31(5)35(39-53(45,46)33-13-9-29(3)10-14-33)37(43)41-17-21-49-25-27-51-23-19-42(20-24-52-28-26-50-22-18-41)38(44)36(32(6)8-2)40-54(47,48)34-15-11-30(4)12-16-34/h9-16,31-32,35-36,39-40H,7-8,17-28H2,1-6H3/t31-,32+,35-,36-/m0/s1. The van der Waals surface area contributed by atoms with Gasteiger partial charge in [0, 0.05) is 26.2 Å². The second-order valence-electron chi connectivity index (χ2n) is 13.7. The zero-order chi connectivity index (χ0) is 39.7. The molecule has 0 saturated carbocycles. The van der Waals surface area contributed by atoms with Crippen LogP contribution >= 0.6 is 0 Å². The molecule has 0 aromatic heterocycles. The number of nitrogens with one attached hydrogen (secondary N) is 2. The summed E-state index contributed by atoms with van der Waals surface area (Å²) in [7, 11) is -7.93. The van der Waals surface area contributed by atoms with E-state index in [-0.39, 0.29) is 112 Å². The van der Waals surface area contributed by atoms with E-state index in [9.17, 15) is 26.4 Å². The first-order chi connectivity index (χ1) is 25.7. The van der Waals surface area contributed by atoms with Crippen LogP contribution in [0.15, 0.2) is 58.3 Å². The molecule has 1 aliphatic rings. The van der Waals surface area contributed by atoms with Gasteiger partial charge < -0.3 is 28.7 Å². The molecule has 3 rings (SSSR count). The summed E-state index contributed by atoms with van der Waals surface area (Å²) >= 11 is 0. The van der Waals surface area contributed by atoms with Crippen molar-refractivity contribution in [2.45, 2.75) is 76.3 Å². The molecule has 304 valence electrons. The molecule has 0 aliphatic carbocycles. The first kappa shape index (κ1) is 45.4. The minimum absolute atomic E-state index is 0.0890. The van der Waals surface area contributed by atoms with Crippen LogP contribution in [-0.2, 0) is 48.6 Å². The highest BCUT2D eigenvalue weighted by molar-refractivity contribution is 7.89. The Labute approximate surface area is 322 Å². The normalized spacial score (nSPS) is 18.9. The largest absolute Gasteiger partial charge is 0.377 e. The van der Waals surface area contributed by atoms with Gasteiger partial charge in [0.05, 0.1) is 62.6 Å². The molecule has 1 saturated heterocycles. The topological polar surface area (TPSA) is 170 Å². The Kier molecular flexibility index (Phi) is 19.0. The maximum Gasteiger partial charge on any atom is 0.241 e. The summed E-state index contributed by atoms with van der Waals surface area (Å²) in [5.74, 6) is -1.30. The number of amides is 2. The van der Waals surface area contributed by atoms with Gasteiger partial charge in [0.2, 0.25) is 31.9 Å². The van der Waals surface area contributed by atoms with Crippen molar-refractivity contribution in [3.63, 3.8) is 0 Å². The lowest BCUT2D eigenvalue weighted by molar-refractivity contribution is -0.137. The first-order valence-corrected chi connectivity index (χ1v) is 21.7. The minimum Gasteiger partial charge on any atom is -0.377 e. The molecule has 2 amide bonds. The second-order valence-corrected chi connectivity index (χ2v) is 17.1. The van der Waals surface area contributed by atoms with Gasteiger partial charge in [-0.1, -0.05) is 75.9 Å². The Morgan fingerprint density at radius 2 is 0.833 bits per heavy atom. The van der Waals surface area contributed by atoms with E-state index >= 15 is 0 Å². The molecule has 2 N–H and O–H groups in total. The maximum atomic E-state index is 13.9. The van der Waals surface area contributed by atoms with Gasteiger partial charge in [0.1, 0.15) is 12.1 Å². The third-order valence-electron chi connectivity index (χ3n) is 9.57. The van der Waals surface area contributed by atoms with Crippen LogP contribution in [0.4, 0.5) is 0 Å². The fourth-order valence-corrected chi connectivity index (χ4v) is 8.19. The highest BCUT2D eigenvalue weighted by Gasteiger charge is 2.34. The lowest BCUT2D eigenvalue weighted by Gasteiger charge is -2.31. The van der Waals surface area contributed by atoms with E-state index in [1.54, 1.807) is 34.1 Å². The van der Waals surface area contributed by atoms with Gasteiger partial charge in [-0.15, -0.1) is 0 Å². The van der Waals surface area contributed by atoms with Crippen LogP contribution in [0.1, 0.15) is 51.7 Å². The third-order valence-corrected chi connectivity index (χ3v) is 12.5. The highest BCUT2D eigenvalue weighted by Crippen LogP contribution is 2.19. The Morgan fingerprint density at radius 1 is 0.556 bits per heavy atom. The lowest BCUT2D eigenvalue weighted by atomic mass is 9.99. The van der Waals surface area contributed by atoms with E-state index in [4.69, 9.17) is 18.9 Å². The molecule has 0 unspecified atom stereocenters. The van der Waals surface area contributed by atoms with Crippen LogP contribution in [-0.4, -0.2) is 130 Å². The number of ether oxygens (including phenoxy) is 4. The summed E-state index contributed by atoms with van der Waals surface area (Å²) in [6.45, 7) is 13.6. The van der Waals surface area contributed by atoms with Crippen molar-refractivity contribution in [3.05, 3.63) is 59.7 Å². The fraction of sp³-hybridized carbons (Fsp3) is 0.632. The van der Waals surface area contributed by atoms with E-state index in [2.05, 4.69) is 9.44 Å². The molecule has 4 atom stereocenters. The van der Waals surface area contributed by atoms with Crippen molar-refractivity contribution in [1.82, 2.24) is 19.2 Å². The van der Waals surface area contributed by atoms with Gasteiger partial charge in [-0.05, 0) is 49.9 Å². The number of aryl methyl sites for hydroxylation is 2. The molecule has 0 spiro atoms. The van der Waals surface area contributed by atoms with Gasteiger partial charge in [0.15, 0.2) is 0 Å². The summed E-state index contributed by atoms with van der Waals surface area (Å²) in [4.78, 5) is 31.1. The van der Waals surface area contributed by atoms with Crippen molar-refractivity contribution in [1.29, 1.82) is 0 Å². The summed E-state index contributed by atoms with van der Waals surface area (Å²) in [5.41, 5.74) is 1.85. The van der Waals surface area contributed by atoms with Crippen LogP contribution in [0.5, 0.6) is 0 Å². The van der Waals surface area contributed by atoms with Crippen molar-refractivity contribution < 1.29 is 45.4 Å². The Hall–Kier alpha value is -2.96. The number of carbonyl (C=O) groups is 2. The molecule has 1 aliphatic heterocycles. The minimum atomic E-state index is -3.97. The van der Waals surface area contributed by atoms with Crippen LogP contribution in [0.3, 0.4) is 0 Å². The van der Waals surface area contributed by atoms with E-state index in [1.165, 1.54) is 24.3 Å². The van der Waals surface area contributed by atoms with Gasteiger partial charge in [-0.25, -0.2) is 16.8 Å². The number of benzene rings is 2. The van der Waals surface area contributed by atoms with Crippen molar-refractivity contribution in [2.24, 2.45) is 11.8 Å². The SMILES string of the molecule is CC[C@@H](C)[C@H](NS(=O)(=O)c1ccc(C)cc1)C(=O)N1CCOCCOCCN(C(=O)[C@@H](NS(=O)(=O)c2ccc(C)cc2)[C@@H](C)CC)CCOCCOCC1. The maximum absolute atomic E-state index is 13.9. The Balaban J connectivity index is 1.64. The number of sulfonamides is 2. The predicted molar refractivity (Wildman–Crippen MR) is 206 cm³/mol. The van der Waals surface area contributed by atoms with Gasteiger partial charge >= 0.3 is 0 Å². The van der Waals surface area contributed by atoms with Crippen LogP contribution in [0, 0.1) is 25.7 Å². The molecule has 16 heteroatoms. The highest BCUT2D eigenvalue weighted by atomic mass is 32.2. The Morgan fingerprint density at radius 3 is 1.09 bits per heavy atom. The lowest BCUT2D eigenvalue weighted by Crippen LogP contribution is -2.53. The Bertz CT molecular complexity index is 1510. The molecule has 1 fully saturated rings. The molecule has 0 radical (unpaired) electrons. The van der Waals surface area contributed by atoms with Crippen molar-refractivity contribution >= 4 is 31.9 Å². The first-order valence-electron chi connectivity index (χ1n) is 18.8. The summed E-state index contributed by atoms with van der Waals surface area (Å²) < 4.78 is 81.7. The number of hydrogen-bond acceptors (Lipinski definition) is 10. The molecule has 2 aromatic carbocycles. The van der Waals surface area contributed by atoms with E-state index in [0.29, 0.717) is 12.8 Å². The molecule has 0 bridgehead atoms. The number of nitrogens with zero attached hydrogens (tertiary/aromatic N) is 2. The van der Waals surface area contributed by atoms with Crippen molar-refractivity contribution in [3.8, 4) is 0 Å². The summed E-state index contributed by atoms with van der Waals surface area (Å²) in [6.07, 6.45) is 1.15. The smallest absolute Gasteiger partial charge is 0.241 e. The van der Waals surface area contributed by atoms with Crippen LogP contribution < -0.4 is 9.44 Å². The quantitative estimate of drug-likeness (QED) is 0.326. The fourth-order valence-electron chi connectivity index (χ4n) is 5.60. The average molecular weight is 797 g/mol.